The third-order valence-corrected chi connectivity index (χ3v) is 4.56. The zero-order chi connectivity index (χ0) is 19.4. The monoisotopic (exact) mass is 370 g/mol. The van der Waals surface area contributed by atoms with Gasteiger partial charge in [-0.3, -0.25) is 18.8 Å². The maximum absolute atomic E-state index is 12.7. The highest BCUT2D eigenvalue weighted by molar-refractivity contribution is 5.69. The summed E-state index contributed by atoms with van der Waals surface area (Å²) in [4.78, 5) is 31.4. The van der Waals surface area contributed by atoms with Crippen molar-refractivity contribution in [2.75, 3.05) is 13.1 Å². The summed E-state index contributed by atoms with van der Waals surface area (Å²) in [6.45, 7) is 2.13. The molecule has 0 unspecified atom stereocenters. The van der Waals surface area contributed by atoms with Crippen LogP contribution < -0.4 is 11.2 Å². The lowest BCUT2D eigenvalue weighted by atomic mass is 10.3. The molecule has 0 fully saturated rings. The quantitative estimate of drug-likeness (QED) is 0.582. The molecule has 142 valence electrons. The van der Waals surface area contributed by atoms with Gasteiger partial charge in [0.05, 0.1) is 25.2 Å². The molecular formula is C18H22N6O3. The molecule has 3 aromatic rings. The van der Waals surface area contributed by atoms with Crippen LogP contribution in [0.15, 0.2) is 38.7 Å². The van der Waals surface area contributed by atoms with E-state index in [-0.39, 0.29) is 11.2 Å². The van der Waals surface area contributed by atoms with Gasteiger partial charge in [0, 0.05) is 40.2 Å². The van der Waals surface area contributed by atoms with Crippen molar-refractivity contribution in [2.45, 2.75) is 25.9 Å². The van der Waals surface area contributed by atoms with Crippen LogP contribution in [0.2, 0.25) is 0 Å². The molecule has 0 N–H and O–H groups in total. The van der Waals surface area contributed by atoms with Gasteiger partial charge in [-0.25, -0.2) is 9.78 Å². The van der Waals surface area contributed by atoms with Crippen LogP contribution in [0.3, 0.4) is 0 Å². The average molecular weight is 370 g/mol. The van der Waals surface area contributed by atoms with Crippen LogP contribution >= 0.6 is 0 Å². The van der Waals surface area contributed by atoms with Crippen LogP contribution in [-0.2, 0) is 27.2 Å². The van der Waals surface area contributed by atoms with Crippen LogP contribution in [0.1, 0.15) is 18.6 Å². The van der Waals surface area contributed by atoms with Gasteiger partial charge in [-0.2, -0.15) is 5.26 Å². The highest BCUT2D eigenvalue weighted by Crippen LogP contribution is 2.07. The van der Waals surface area contributed by atoms with E-state index in [1.165, 1.54) is 15.5 Å². The van der Waals surface area contributed by atoms with Crippen molar-refractivity contribution >= 4 is 11.2 Å². The molecule has 0 aliphatic rings. The predicted molar refractivity (Wildman–Crippen MR) is 99.0 cm³/mol. The lowest BCUT2D eigenvalue weighted by Gasteiger charge is -2.20. The molecule has 0 bridgehead atoms. The summed E-state index contributed by atoms with van der Waals surface area (Å²) in [5.74, 6) is 0.817. The van der Waals surface area contributed by atoms with E-state index in [0.717, 1.165) is 5.76 Å². The number of hydrogen-bond donors (Lipinski definition) is 0. The number of imidazole rings is 1. The third-order valence-electron chi connectivity index (χ3n) is 4.56. The standard InChI is InChI=1S/C18H22N6O3/c1-21-13-20-16-15(21)17(25)24(18(26)22(16)2)10-5-9-23(8-4-7-19)12-14-6-3-11-27-14/h3,6,11,13H,4-5,8-10,12H2,1-2H3. The smallest absolute Gasteiger partial charge is 0.332 e. The van der Waals surface area contributed by atoms with Gasteiger partial charge in [0.15, 0.2) is 11.2 Å². The Labute approximate surface area is 155 Å². The molecule has 0 aliphatic carbocycles. The van der Waals surface area contributed by atoms with Gasteiger partial charge >= 0.3 is 5.69 Å². The number of hydrogen-bond acceptors (Lipinski definition) is 6. The van der Waals surface area contributed by atoms with Gasteiger partial charge in [-0.05, 0) is 18.6 Å². The predicted octanol–water partition coefficient (Wildman–Crippen LogP) is 0.833. The van der Waals surface area contributed by atoms with Gasteiger partial charge < -0.3 is 8.98 Å². The van der Waals surface area contributed by atoms with Gasteiger partial charge in [0.1, 0.15) is 5.76 Å². The molecule has 3 rings (SSSR count). The molecular weight excluding hydrogens is 348 g/mol. The molecule has 0 radical (unpaired) electrons. The largest absolute Gasteiger partial charge is 0.468 e. The average Bonchev–Trinajstić information content (AvgIpc) is 3.30. The van der Waals surface area contributed by atoms with Gasteiger partial charge in [0.25, 0.3) is 5.56 Å². The fourth-order valence-corrected chi connectivity index (χ4v) is 3.15. The SMILES string of the molecule is Cn1cnc2c1c(=O)n(CCCN(CCC#N)Cc1ccco1)c(=O)n2C. The summed E-state index contributed by atoms with van der Waals surface area (Å²) in [7, 11) is 3.35. The minimum absolute atomic E-state index is 0.299. The summed E-state index contributed by atoms with van der Waals surface area (Å²) >= 11 is 0. The summed E-state index contributed by atoms with van der Waals surface area (Å²) < 4.78 is 9.65. The first kappa shape index (κ1) is 18.7. The Morgan fingerprint density at radius 2 is 2.11 bits per heavy atom. The van der Waals surface area contributed by atoms with Crippen molar-refractivity contribution in [2.24, 2.45) is 14.1 Å². The Kier molecular flexibility index (Phi) is 5.57. The second kappa shape index (κ2) is 8.05. The topological polar surface area (TPSA) is 102 Å². The zero-order valence-corrected chi connectivity index (χ0v) is 15.5. The number of furan rings is 1. The van der Waals surface area contributed by atoms with E-state index in [9.17, 15) is 9.59 Å². The van der Waals surface area contributed by atoms with Crippen LogP contribution in [-0.4, -0.2) is 36.7 Å². The van der Waals surface area contributed by atoms with Crippen molar-refractivity contribution in [1.29, 1.82) is 5.26 Å². The van der Waals surface area contributed by atoms with E-state index in [1.54, 1.807) is 24.9 Å². The fourth-order valence-electron chi connectivity index (χ4n) is 3.15. The number of fused-ring (bicyclic) bond motifs is 1. The number of aromatic nitrogens is 4. The maximum Gasteiger partial charge on any atom is 0.332 e. The molecule has 3 heterocycles. The molecule has 0 atom stereocenters. The summed E-state index contributed by atoms with van der Waals surface area (Å²) in [6, 6.07) is 5.85. The second-order valence-corrected chi connectivity index (χ2v) is 6.44. The van der Waals surface area contributed by atoms with Gasteiger partial charge in [-0.1, -0.05) is 0 Å². The number of aryl methyl sites for hydroxylation is 2. The molecule has 0 amide bonds. The Morgan fingerprint density at radius 3 is 2.81 bits per heavy atom. The normalized spacial score (nSPS) is 11.3. The Hall–Kier alpha value is -3.12. The first-order valence-electron chi connectivity index (χ1n) is 8.75. The number of nitriles is 1. The van der Waals surface area contributed by atoms with Crippen molar-refractivity contribution < 1.29 is 4.42 Å². The Balaban J connectivity index is 1.75. The minimum atomic E-state index is -0.374. The number of rotatable bonds is 8. The van der Waals surface area contributed by atoms with Crippen LogP contribution in [0, 0.1) is 11.3 Å². The van der Waals surface area contributed by atoms with E-state index >= 15 is 0 Å². The van der Waals surface area contributed by atoms with E-state index in [2.05, 4.69) is 16.0 Å². The molecule has 0 saturated heterocycles. The highest BCUT2D eigenvalue weighted by atomic mass is 16.3. The molecule has 9 heteroatoms. The van der Waals surface area contributed by atoms with Crippen molar-refractivity contribution in [3.8, 4) is 6.07 Å². The Morgan fingerprint density at radius 1 is 1.30 bits per heavy atom. The molecule has 27 heavy (non-hydrogen) atoms. The molecule has 0 aliphatic heterocycles. The molecule has 3 aromatic heterocycles. The van der Waals surface area contributed by atoms with E-state index in [1.807, 2.05) is 12.1 Å². The lowest BCUT2D eigenvalue weighted by molar-refractivity contribution is 0.240. The van der Waals surface area contributed by atoms with Gasteiger partial charge in [-0.15, -0.1) is 0 Å². The first-order chi connectivity index (χ1) is 13.0. The van der Waals surface area contributed by atoms with Crippen LogP contribution in [0.25, 0.3) is 11.2 Å². The van der Waals surface area contributed by atoms with Crippen molar-refractivity contribution in [3.63, 3.8) is 0 Å². The van der Waals surface area contributed by atoms with Gasteiger partial charge in [0.2, 0.25) is 0 Å². The van der Waals surface area contributed by atoms with E-state index in [4.69, 9.17) is 9.68 Å². The minimum Gasteiger partial charge on any atom is -0.468 e. The van der Waals surface area contributed by atoms with Crippen LogP contribution in [0.5, 0.6) is 0 Å². The molecule has 0 spiro atoms. The highest BCUT2D eigenvalue weighted by Gasteiger charge is 2.15. The summed E-state index contributed by atoms with van der Waals surface area (Å²) in [5.41, 5.74) is 0.0924. The molecule has 0 saturated carbocycles. The maximum atomic E-state index is 12.7. The summed E-state index contributed by atoms with van der Waals surface area (Å²) in [6.07, 6.45) is 4.15. The second-order valence-electron chi connectivity index (χ2n) is 6.44. The lowest BCUT2D eigenvalue weighted by Crippen LogP contribution is -2.40. The zero-order valence-electron chi connectivity index (χ0n) is 15.5. The fraction of sp³-hybridized carbons (Fsp3) is 0.444. The van der Waals surface area contributed by atoms with E-state index in [0.29, 0.717) is 50.2 Å². The van der Waals surface area contributed by atoms with Crippen molar-refractivity contribution in [1.82, 2.24) is 23.6 Å². The van der Waals surface area contributed by atoms with Crippen molar-refractivity contribution in [3.05, 3.63) is 51.3 Å². The van der Waals surface area contributed by atoms with E-state index < -0.39 is 0 Å². The molecule has 0 aromatic carbocycles. The van der Waals surface area contributed by atoms with Crippen LogP contribution in [0.4, 0.5) is 0 Å². The third kappa shape index (κ3) is 3.85. The first-order valence-corrected chi connectivity index (χ1v) is 8.75. The molecule has 9 nitrogen and oxygen atoms in total. The summed E-state index contributed by atoms with van der Waals surface area (Å²) in [5, 5.41) is 8.86. The Bertz CT molecular complexity index is 1070. The number of nitrogens with zero attached hydrogens (tertiary/aromatic N) is 6.